The number of hydrogen-bond donors (Lipinski definition) is 0. The first-order chi connectivity index (χ1) is 8.17. The Bertz CT molecular complexity index is 400. The van der Waals surface area contributed by atoms with Crippen molar-refractivity contribution in [3.63, 3.8) is 0 Å². The van der Waals surface area contributed by atoms with Gasteiger partial charge in [0.25, 0.3) is 0 Å². The number of carbonyl (C=O) groups excluding carboxylic acids is 1. The molecule has 0 saturated heterocycles. The van der Waals surface area contributed by atoms with E-state index < -0.39 is 5.97 Å². The first kappa shape index (κ1) is 13.3. The smallest absolute Gasteiger partial charge is 0.341 e. The lowest BCUT2D eigenvalue weighted by Gasteiger charge is -2.13. The average molecular weight is 240 g/mol. The Balaban J connectivity index is 3.31. The highest BCUT2D eigenvalue weighted by Crippen LogP contribution is 2.33. The molecule has 0 heterocycles. The van der Waals surface area contributed by atoms with E-state index in [2.05, 4.69) is 0 Å². The molecule has 0 fully saturated rings. The number of ether oxygens (including phenoxy) is 4. The minimum atomic E-state index is -0.474. The molecular weight excluding hydrogens is 224 g/mol. The molecule has 0 aliphatic rings. The molecule has 0 spiro atoms. The van der Waals surface area contributed by atoms with Crippen LogP contribution in [0.2, 0.25) is 0 Å². The highest BCUT2D eigenvalue weighted by Gasteiger charge is 2.18. The van der Waals surface area contributed by atoms with E-state index in [0.717, 1.165) is 5.56 Å². The molecule has 0 atom stereocenters. The van der Waals surface area contributed by atoms with Crippen molar-refractivity contribution in [2.24, 2.45) is 0 Å². The van der Waals surface area contributed by atoms with Crippen LogP contribution in [0.3, 0.4) is 0 Å². The second kappa shape index (κ2) is 6.10. The highest BCUT2D eigenvalue weighted by atomic mass is 16.5. The van der Waals surface area contributed by atoms with Crippen LogP contribution in [0, 0.1) is 0 Å². The summed E-state index contributed by atoms with van der Waals surface area (Å²) in [5.74, 6) is 0.361. The fourth-order valence-electron chi connectivity index (χ4n) is 1.53. The maximum absolute atomic E-state index is 11.6. The van der Waals surface area contributed by atoms with Crippen molar-refractivity contribution in [2.75, 3.05) is 28.4 Å². The van der Waals surface area contributed by atoms with Crippen LogP contribution in [0.25, 0.3) is 0 Å². The van der Waals surface area contributed by atoms with Crippen molar-refractivity contribution in [1.82, 2.24) is 0 Å². The Hall–Kier alpha value is -1.75. The molecule has 0 saturated carbocycles. The molecule has 1 rings (SSSR count). The second-order valence-corrected chi connectivity index (χ2v) is 3.30. The fraction of sp³-hybridized carbons (Fsp3) is 0.417. The van der Waals surface area contributed by atoms with Gasteiger partial charge in [0.15, 0.2) is 11.5 Å². The van der Waals surface area contributed by atoms with Gasteiger partial charge in [0, 0.05) is 7.11 Å². The van der Waals surface area contributed by atoms with E-state index in [0.29, 0.717) is 23.7 Å². The van der Waals surface area contributed by atoms with E-state index >= 15 is 0 Å². The molecule has 0 amide bonds. The third-order valence-electron chi connectivity index (χ3n) is 2.25. The van der Waals surface area contributed by atoms with Crippen LogP contribution in [0.1, 0.15) is 15.9 Å². The zero-order valence-electron chi connectivity index (χ0n) is 10.4. The first-order valence-electron chi connectivity index (χ1n) is 5.00. The number of hydrogen-bond acceptors (Lipinski definition) is 5. The molecule has 0 aromatic heterocycles. The Morgan fingerprint density at radius 3 is 2.29 bits per heavy atom. The molecule has 1 aromatic carbocycles. The summed E-state index contributed by atoms with van der Waals surface area (Å²) in [6, 6.07) is 3.42. The van der Waals surface area contributed by atoms with E-state index in [9.17, 15) is 4.79 Å². The predicted octanol–water partition coefficient (Wildman–Crippen LogP) is 1.64. The van der Waals surface area contributed by atoms with Crippen LogP contribution < -0.4 is 9.47 Å². The maximum atomic E-state index is 11.6. The van der Waals surface area contributed by atoms with Gasteiger partial charge in [-0.2, -0.15) is 0 Å². The number of esters is 1. The third-order valence-corrected chi connectivity index (χ3v) is 2.25. The molecule has 0 aliphatic carbocycles. The quantitative estimate of drug-likeness (QED) is 0.732. The summed E-state index contributed by atoms with van der Waals surface area (Å²) >= 11 is 0. The van der Waals surface area contributed by atoms with Gasteiger partial charge in [0.2, 0.25) is 0 Å². The van der Waals surface area contributed by atoms with Crippen molar-refractivity contribution in [2.45, 2.75) is 6.61 Å². The van der Waals surface area contributed by atoms with Crippen molar-refractivity contribution < 1.29 is 23.7 Å². The summed E-state index contributed by atoms with van der Waals surface area (Å²) in [7, 11) is 5.88. The van der Waals surface area contributed by atoms with Gasteiger partial charge in [-0.05, 0) is 17.7 Å². The van der Waals surface area contributed by atoms with Gasteiger partial charge in [0.1, 0.15) is 5.56 Å². The van der Waals surface area contributed by atoms with E-state index in [1.165, 1.54) is 21.3 Å². The normalized spacial score (nSPS) is 9.88. The number of carbonyl (C=O) groups is 1. The SMILES string of the molecule is COCc1cc(OC)c(OC)c(C(=O)OC)c1. The van der Waals surface area contributed by atoms with E-state index in [1.807, 2.05) is 0 Å². The van der Waals surface area contributed by atoms with Gasteiger partial charge in [0.05, 0.1) is 27.9 Å². The van der Waals surface area contributed by atoms with Gasteiger partial charge in [-0.15, -0.1) is 0 Å². The summed E-state index contributed by atoms with van der Waals surface area (Å²) < 4.78 is 20.0. The van der Waals surface area contributed by atoms with Crippen LogP contribution in [-0.2, 0) is 16.1 Å². The Kier molecular flexibility index (Phi) is 4.78. The molecule has 0 aliphatic heterocycles. The summed E-state index contributed by atoms with van der Waals surface area (Å²) in [6.45, 7) is 0.379. The van der Waals surface area contributed by atoms with E-state index in [-0.39, 0.29) is 0 Å². The summed E-state index contributed by atoms with van der Waals surface area (Å²) in [4.78, 5) is 11.6. The van der Waals surface area contributed by atoms with Crippen LogP contribution in [0.5, 0.6) is 11.5 Å². The molecule has 0 radical (unpaired) electrons. The van der Waals surface area contributed by atoms with Crippen molar-refractivity contribution in [3.05, 3.63) is 23.3 Å². The van der Waals surface area contributed by atoms with Crippen molar-refractivity contribution >= 4 is 5.97 Å². The number of rotatable bonds is 5. The van der Waals surface area contributed by atoms with Gasteiger partial charge in [-0.25, -0.2) is 4.79 Å². The predicted molar refractivity (Wildman–Crippen MR) is 61.6 cm³/mol. The molecule has 94 valence electrons. The fourth-order valence-corrected chi connectivity index (χ4v) is 1.53. The molecule has 0 unspecified atom stereocenters. The van der Waals surface area contributed by atoms with Crippen LogP contribution >= 0.6 is 0 Å². The van der Waals surface area contributed by atoms with Gasteiger partial charge in [-0.1, -0.05) is 0 Å². The minimum Gasteiger partial charge on any atom is -0.493 e. The van der Waals surface area contributed by atoms with Crippen molar-refractivity contribution in [1.29, 1.82) is 0 Å². The monoisotopic (exact) mass is 240 g/mol. The zero-order chi connectivity index (χ0) is 12.8. The minimum absolute atomic E-state index is 0.321. The third kappa shape index (κ3) is 2.88. The van der Waals surface area contributed by atoms with Crippen LogP contribution in [0.15, 0.2) is 12.1 Å². The maximum Gasteiger partial charge on any atom is 0.341 e. The molecular formula is C12H16O5. The lowest BCUT2D eigenvalue weighted by atomic mass is 10.1. The van der Waals surface area contributed by atoms with E-state index in [4.69, 9.17) is 18.9 Å². The first-order valence-corrected chi connectivity index (χ1v) is 5.00. The molecule has 5 heteroatoms. The lowest BCUT2D eigenvalue weighted by molar-refractivity contribution is 0.0596. The number of benzene rings is 1. The molecule has 1 aromatic rings. The molecule has 0 N–H and O–H groups in total. The van der Waals surface area contributed by atoms with Gasteiger partial charge >= 0.3 is 5.97 Å². The zero-order valence-corrected chi connectivity index (χ0v) is 10.4. The Morgan fingerprint density at radius 1 is 1.12 bits per heavy atom. The highest BCUT2D eigenvalue weighted by molar-refractivity contribution is 5.93. The number of methoxy groups -OCH3 is 4. The lowest BCUT2D eigenvalue weighted by Crippen LogP contribution is -2.07. The van der Waals surface area contributed by atoms with Crippen molar-refractivity contribution in [3.8, 4) is 11.5 Å². The summed E-state index contributed by atoms with van der Waals surface area (Å²) in [6.07, 6.45) is 0. The van der Waals surface area contributed by atoms with E-state index in [1.54, 1.807) is 19.2 Å². The van der Waals surface area contributed by atoms with Gasteiger partial charge < -0.3 is 18.9 Å². The van der Waals surface area contributed by atoms with Gasteiger partial charge in [-0.3, -0.25) is 0 Å². The molecule has 0 bridgehead atoms. The standard InChI is InChI=1S/C12H16O5/c1-14-7-8-5-9(12(13)17-4)11(16-3)10(6-8)15-2/h5-6H,7H2,1-4H3. The molecule has 5 nitrogen and oxygen atoms in total. The largest absolute Gasteiger partial charge is 0.493 e. The Morgan fingerprint density at radius 2 is 1.82 bits per heavy atom. The van der Waals surface area contributed by atoms with Crippen LogP contribution in [-0.4, -0.2) is 34.4 Å². The average Bonchev–Trinajstić information content (AvgIpc) is 2.37. The second-order valence-electron chi connectivity index (χ2n) is 3.30. The Labute approximate surface area is 100 Å². The summed E-state index contributed by atoms with van der Waals surface area (Å²) in [5.41, 5.74) is 1.13. The summed E-state index contributed by atoms with van der Waals surface area (Å²) in [5, 5.41) is 0. The molecule has 17 heavy (non-hydrogen) atoms. The van der Waals surface area contributed by atoms with Crippen LogP contribution in [0.4, 0.5) is 0 Å². The topological polar surface area (TPSA) is 54.0 Å².